The summed E-state index contributed by atoms with van der Waals surface area (Å²) in [5, 5.41) is 2.77. The molecule has 2 heterocycles. The predicted octanol–water partition coefficient (Wildman–Crippen LogP) is 4.63. The number of nitrogens with one attached hydrogen (secondary N) is 1. The number of aryl methyl sites for hydroxylation is 1. The summed E-state index contributed by atoms with van der Waals surface area (Å²) in [6, 6.07) is 15.6. The molecule has 30 heavy (non-hydrogen) atoms. The van der Waals surface area contributed by atoms with Crippen LogP contribution in [0.5, 0.6) is 0 Å². The molecule has 0 aliphatic rings. The molecule has 0 unspecified atom stereocenters. The van der Waals surface area contributed by atoms with Gasteiger partial charge < -0.3 is 9.73 Å². The third-order valence-corrected chi connectivity index (χ3v) is 6.13. The Hall–Kier alpha value is -3.52. The molecule has 0 fully saturated rings. The zero-order chi connectivity index (χ0) is 21.1. The first-order chi connectivity index (χ1) is 14.4. The van der Waals surface area contributed by atoms with E-state index < -0.39 is 15.7 Å². The number of pyridine rings is 1. The SMILES string of the molecule is Cc1ccc(S(=O)(=O)c2nc(-c3ccc(F)cc3)oc2NCc2cccnc2)cc1. The van der Waals surface area contributed by atoms with E-state index in [0.717, 1.165) is 11.1 Å². The number of sulfone groups is 1. The van der Waals surface area contributed by atoms with Crippen molar-refractivity contribution in [2.24, 2.45) is 0 Å². The second kappa shape index (κ2) is 8.08. The molecule has 4 rings (SSSR count). The molecule has 8 heteroatoms. The summed E-state index contributed by atoms with van der Waals surface area (Å²) in [5.41, 5.74) is 2.25. The third-order valence-electron chi connectivity index (χ3n) is 4.45. The Morgan fingerprint density at radius 3 is 2.43 bits per heavy atom. The van der Waals surface area contributed by atoms with Crippen LogP contribution in [0.25, 0.3) is 11.5 Å². The molecule has 0 radical (unpaired) electrons. The molecule has 4 aromatic rings. The number of halogens is 1. The normalized spacial score (nSPS) is 11.4. The minimum atomic E-state index is -3.94. The smallest absolute Gasteiger partial charge is 0.234 e. The molecule has 0 atom stereocenters. The van der Waals surface area contributed by atoms with Crippen LogP contribution in [0.2, 0.25) is 0 Å². The van der Waals surface area contributed by atoms with Crippen LogP contribution in [-0.4, -0.2) is 18.4 Å². The van der Waals surface area contributed by atoms with Crippen LogP contribution in [0, 0.1) is 12.7 Å². The summed E-state index contributed by atoms with van der Waals surface area (Å²) in [6.07, 6.45) is 3.32. The number of aromatic nitrogens is 2. The van der Waals surface area contributed by atoms with Crippen LogP contribution in [-0.2, 0) is 16.4 Å². The zero-order valence-corrected chi connectivity index (χ0v) is 16.9. The van der Waals surface area contributed by atoms with Crippen molar-refractivity contribution < 1.29 is 17.2 Å². The van der Waals surface area contributed by atoms with Crippen LogP contribution in [0.1, 0.15) is 11.1 Å². The Morgan fingerprint density at radius 2 is 1.77 bits per heavy atom. The number of anilines is 1. The summed E-state index contributed by atoms with van der Waals surface area (Å²) >= 11 is 0. The number of oxazole rings is 1. The third kappa shape index (κ3) is 4.08. The lowest BCUT2D eigenvalue weighted by atomic mass is 10.2. The largest absolute Gasteiger partial charge is 0.419 e. The van der Waals surface area contributed by atoms with E-state index in [9.17, 15) is 12.8 Å². The first-order valence-corrected chi connectivity index (χ1v) is 10.6. The van der Waals surface area contributed by atoms with Gasteiger partial charge in [0.25, 0.3) is 0 Å². The van der Waals surface area contributed by atoms with Crippen molar-refractivity contribution in [2.45, 2.75) is 23.4 Å². The van der Waals surface area contributed by atoms with Gasteiger partial charge >= 0.3 is 0 Å². The summed E-state index contributed by atoms with van der Waals surface area (Å²) in [4.78, 5) is 8.39. The maximum Gasteiger partial charge on any atom is 0.234 e. The maximum absolute atomic E-state index is 13.3. The molecule has 0 spiro atoms. The lowest BCUT2D eigenvalue weighted by Gasteiger charge is -2.06. The highest BCUT2D eigenvalue weighted by Gasteiger charge is 2.28. The molecule has 2 aromatic heterocycles. The Bertz CT molecular complexity index is 1250. The van der Waals surface area contributed by atoms with Gasteiger partial charge in [-0.05, 0) is 55.0 Å². The molecule has 6 nitrogen and oxygen atoms in total. The van der Waals surface area contributed by atoms with Crippen molar-refractivity contribution in [3.05, 3.63) is 90.0 Å². The second-order valence-corrected chi connectivity index (χ2v) is 8.56. The van der Waals surface area contributed by atoms with Gasteiger partial charge in [-0.2, -0.15) is 4.98 Å². The highest BCUT2D eigenvalue weighted by molar-refractivity contribution is 7.91. The molecule has 152 valence electrons. The second-order valence-electron chi connectivity index (χ2n) is 6.69. The molecule has 0 bridgehead atoms. The number of hydrogen-bond donors (Lipinski definition) is 1. The summed E-state index contributed by atoms with van der Waals surface area (Å²) in [5.74, 6) is -0.319. The average Bonchev–Trinajstić information content (AvgIpc) is 3.19. The molecular formula is C22H18FN3O3S. The van der Waals surface area contributed by atoms with Gasteiger partial charge in [0, 0.05) is 24.5 Å². The van der Waals surface area contributed by atoms with E-state index in [1.54, 1.807) is 30.6 Å². The van der Waals surface area contributed by atoms with Crippen LogP contribution in [0.4, 0.5) is 10.3 Å². The van der Waals surface area contributed by atoms with Crippen molar-refractivity contribution in [3.63, 3.8) is 0 Å². The van der Waals surface area contributed by atoms with Crippen molar-refractivity contribution in [3.8, 4) is 11.5 Å². The van der Waals surface area contributed by atoms with E-state index in [1.165, 1.54) is 36.4 Å². The minimum Gasteiger partial charge on any atom is -0.419 e. The number of benzene rings is 2. The number of nitrogens with zero attached hydrogens (tertiary/aromatic N) is 2. The van der Waals surface area contributed by atoms with Crippen LogP contribution >= 0.6 is 0 Å². The van der Waals surface area contributed by atoms with Crippen molar-refractivity contribution >= 4 is 15.7 Å². The van der Waals surface area contributed by atoms with Gasteiger partial charge in [-0.1, -0.05) is 23.8 Å². The van der Waals surface area contributed by atoms with E-state index in [1.807, 2.05) is 13.0 Å². The molecule has 0 saturated carbocycles. The molecular weight excluding hydrogens is 405 g/mol. The standard InChI is InChI=1S/C22H18FN3O3S/c1-15-4-10-19(11-5-15)30(27,28)22-21(25-14-16-3-2-12-24-13-16)29-20(26-22)17-6-8-18(23)9-7-17/h2-13,25H,14H2,1H3. The summed E-state index contributed by atoms with van der Waals surface area (Å²) < 4.78 is 45.5. The predicted molar refractivity (Wildman–Crippen MR) is 110 cm³/mol. The number of rotatable bonds is 6. The molecule has 0 aliphatic carbocycles. The molecule has 0 aliphatic heterocycles. The van der Waals surface area contributed by atoms with Gasteiger partial charge in [-0.15, -0.1) is 0 Å². The lowest BCUT2D eigenvalue weighted by Crippen LogP contribution is -2.07. The van der Waals surface area contributed by atoms with Gasteiger partial charge in [-0.3, -0.25) is 4.98 Å². The first kappa shape index (κ1) is 19.8. The Balaban J connectivity index is 1.76. The Morgan fingerprint density at radius 1 is 1.03 bits per heavy atom. The highest BCUT2D eigenvalue weighted by Crippen LogP contribution is 2.32. The van der Waals surface area contributed by atoms with Gasteiger partial charge in [0.1, 0.15) is 5.82 Å². The van der Waals surface area contributed by atoms with E-state index in [2.05, 4.69) is 15.3 Å². The van der Waals surface area contributed by atoms with E-state index in [0.29, 0.717) is 12.1 Å². The minimum absolute atomic E-state index is 0.0127. The average molecular weight is 423 g/mol. The monoisotopic (exact) mass is 423 g/mol. The van der Waals surface area contributed by atoms with Gasteiger partial charge in [0.2, 0.25) is 26.6 Å². The van der Waals surface area contributed by atoms with E-state index in [4.69, 9.17) is 4.42 Å². The van der Waals surface area contributed by atoms with Gasteiger partial charge in [-0.25, -0.2) is 12.8 Å². The van der Waals surface area contributed by atoms with Gasteiger partial charge in [0.15, 0.2) is 0 Å². The maximum atomic E-state index is 13.3. The fourth-order valence-electron chi connectivity index (χ4n) is 2.83. The zero-order valence-electron chi connectivity index (χ0n) is 16.0. The Kier molecular flexibility index (Phi) is 5.33. The Labute approximate surface area is 173 Å². The van der Waals surface area contributed by atoms with E-state index in [-0.39, 0.29) is 21.7 Å². The number of hydrogen-bond acceptors (Lipinski definition) is 6. The lowest BCUT2D eigenvalue weighted by molar-refractivity contribution is 0.576. The molecule has 2 aromatic carbocycles. The van der Waals surface area contributed by atoms with Gasteiger partial charge in [0.05, 0.1) is 4.90 Å². The van der Waals surface area contributed by atoms with Crippen molar-refractivity contribution in [1.82, 2.24) is 9.97 Å². The van der Waals surface area contributed by atoms with Crippen molar-refractivity contribution in [2.75, 3.05) is 5.32 Å². The van der Waals surface area contributed by atoms with Crippen molar-refractivity contribution in [1.29, 1.82) is 0 Å². The fourth-order valence-corrected chi connectivity index (χ4v) is 4.11. The fraction of sp³-hybridized carbons (Fsp3) is 0.0909. The summed E-state index contributed by atoms with van der Waals surface area (Å²) in [6.45, 7) is 2.17. The first-order valence-electron chi connectivity index (χ1n) is 9.15. The molecule has 0 saturated heterocycles. The van der Waals surface area contributed by atoms with Crippen LogP contribution in [0.3, 0.4) is 0 Å². The highest BCUT2D eigenvalue weighted by atomic mass is 32.2. The topological polar surface area (TPSA) is 85.1 Å². The van der Waals surface area contributed by atoms with Crippen LogP contribution < -0.4 is 5.32 Å². The summed E-state index contributed by atoms with van der Waals surface area (Å²) in [7, 11) is -3.94. The molecule has 0 amide bonds. The quantitative estimate of drug-likeness (QED) is 0.487. The molecule has 1 N–H and O–H groups in total. The van der Waals surface area contributed by atoms with Crippen LogP contribution in [0.15, 0.2) is 87.4 Å². The van der Waals surface area contributed by atoms with E-state index >= 15 is 0 Å².